The van der Waals surface area contributed by atoms with E-state index >= 15 is 0 Å². The molecule has 0 saturated heterocycles. The monoisotopic (exact) mass is 269 g/mol. The maximum absolute atomic E-state index is 11.5. The molecular formula is C9H4BrNO4. The molecule has 0 radical (unpaired) electrons. The van der Waals surface area contributed by atoms with Crippen LogP contribution in [0.15, 0.2) is 32.0 Å². The second kappa shape index (κ2) is 3.47. The molecule has 6 heteroatoms. The summed E-state index contributed by atoms with van der Waals surface area (Å²) in [6.45, 7) is 0. The van der Waals surface area contributed by atoms with Crippen LogP contribution in [-0.2, 0) is 0 Å². The molecule has 0 spiro atoms. The zero-order valence-electron chi connectivity index (χ0n) is 7.23. The Bertz CT molecular complexity index is 605. The molecule has 2 aromatic heterocycles. The molecule has 0 unspecified atom stereocenters. The van der Waals surface area contributed by atoms with E-state index in [4.69, 9.17) is 9.52 Å². The number of pyridine rings is 1. The highest BCUT2D eigenvalue weighted by molar-refractivity contribution is 9.10. The molecule has 0 saturated carbocycles. The van der Waals surface area contributed by atoms with Crippen LogP contribution in [0, 0.1) is 0 Å². The number of carboxylic acids is 1. The largest absolute Gasteiger partial charge is 0.475 e. The van der Waals surface area contributed by atoms with E-state index in [1.54, 1.807) is 0 Å². The fourth-order valence-corrected chi connectivity index (χ4v) is 1.45. The smallest absolute Gasteiger partial charge is 0.372 e. The predicted octanol–water partition coefficient (Wildman–Crippen LogP) is 1.65. The molecule has 2 heterocycles. The third kappa shape index (κ3) is 1.75. The van der Waals surface area contributed by atoms with Gasteiger partial charge in [-0.1, -0.05) is 0 Å². The molecule has 76 valence electrons. The average molecular weight is 270 g/mol. The van der Waals surface area contributed by atoms with Crippen molar-refractivity contribution in [2.75, 3.05) is 0 Å². The molecule has 0 atom stereocenters. The van der Waals surface area contributed by atoms with Gasteiger partial charge in [-0.05, 0) is 22.0 Å². The Hall–Kier alpha value is -1.69. The lowest BCUT2D eigenvalue weighted by molar-refractivity contribution is 0.0662. The molecule has 0 aliphatic rings. The van der Waals surface area contributed by atoms with Crippen molar-refractivity contribution in [3.63, 3.8) is 0 Å². The van der Waals surface area contributed by atoms with E-state index < -0.39 is 17.2 Å². The number of carbonyl (C=O) groups is 1. The number of halogens is 1. The Kier molecular flexibility index (Phi) is 2.28. The number of carboxylic acid groups (broad SMARTS) is 1. The number of nitrogens with zero attached hydrogens (tertiary/aromatic N) is 1. The fourth-order valence-electron chi connectivity index (χ4n) is 1.12. The second-order valence-corrected chi connectivity index (χ2v) is 3.70. The number of rotatable bonds is 1. The molecule has 1 N–H and O–H groups in total. The van der Waals surface area contributed by atoms with E-state index in [2.05, 4.69) is 20.9 Å². The summed E-state index contributed by atoms with van der Waals surface area (Å²) in [6, 6.07) is 2.46. The number of aromatic carboxylic acids is 1. The summed E-state index contributed by atoms with van der Waals surface area (Å²) >= 11 is 3.15. The summed E-state index contributed by atoms with van der Waals surface area (Å²) in [6.07, 6.45) is 1.43. The molecule has 0 aliphatic carbocycles. The van der Waals surface area contributed by atoms with Crippen molar-refractivity contribution in [2.24, 2.45) is 0 Å². The second-order valence-electron chi connectivity index (χ2n) is 2.79. The third-order valence-corrected chi connectivity index (χ3v) is 2.20. The zero-order valence-corrected chi connectivity index (χ0v) is 8.82. The van der Waals surface area contributed by atoms with Gasteiger partial charge < -0.3 is 9.52 Å². The van der Waals surface area contributed by atoms with Crippen molar-refractivity contribution in [1.29, 1.82) is 0 Å². The van der Waals surface area contributed by atoms with Gasteiger partial charge in [0, 0.05) is 16.7 Å². The SMILES string of the molecule is O=C(O)c1cc(=O)c2cc(Br)cnc2o1. The Morgan fingerprint density at radius 3 is 2.87 bits per heavy atom. The Morgan fingerprint density at radius 2 is 2.20 bits per heavy atom. The maximum Gasteiger partial charge on any atom is 0.372 e. The van der Waals surface area contributed by atoms with Crippen LogP contribution in [0.5, 0.6) is 0 Å². The molecule has 0 aliphatic heterocycles. The predicted molar refractivity (Wildman–Crippen MR) is 54.9 cm³/mol. The van der Waals surface area contributed by atoms with Crippen LogP contribution < -0.4 is 5.43 Å². The molecular weight excluding hydrogens is 266 g/mol. The normalized spacial score (nSPS) is 10.5. The van der Waals surface area contributed by atoms with Crippen molar-refractivity contribution >= 4 is 33.0 Å². The molecule has 0 fully saturated rings. The first-order valence-corrected chi connectivity index (χ1v) is 4.70. The maximum atomic E-state index is 11.5. The number of fused-ring (bicyclic) bond motifs is 1. The van der Waals surface area contributed by atoms with Gasteiger partial charge in [0.25, 0.3) is 0 Å². The molecule has 15 heavy (non-hydrogen) atoms. The summed E-state index contributed by atoms with van der Waals surface area (Å²) < 4.78 is 5.56. The van der Waals surface area contributed by atoms with Gasteiger partial charge in [0.05, 0.1) is 5.39 Å². The Balaban J connectivity index is 2.84. The van der Waals surface area contributed by atoms with Crippen LogP contribution >= 0.6 is 15.9 Å². The minimum Gasteiger partial charge on any atom is -0.475 e. The third-order valence-electron chi connectivity index (χ3n) is 1.76. The van der Waals surface area contributed by atoms with E-state index in [9.17, 15) is 9.59 Å². The van der Waals surface area contributed by atoms with Crippen molar-refractivity contribution in [3.05, 3.63) is 38.8 Å². The highest BCUT2D eigenvalue weighted by atomic mass is 79.9. The van der Waals surface area contributed by atoms with Crippen LogP contribution in [0.2, 0.25) is 0 Å². The molecule has 0 amide bonds. The first-order valence-electron chi connectivity index (χ1n) is 3.90. The molecule has 2 aromatic rings. The van der Waals surface area contributed by atoms with E-state index in [-0.39, 0.29) is 11.1 Å². The van der Waals surface area contributed by atoms with Gasteiger partial charge in [0.15, 0.2) is 5.43 Å². The molecule has 0 bridgehead atoms. The lowest BCUT2D eigenvalue weighted by Gasteiger charge is -1.97. The highest BCUT2D eigenvalue weighted by Crippen LogP contribution is 2.15. The van der Waals surface area contributed by atoms with Gasteiger partial charge in [-0.2, -0.15) is 0 Å². The number of hydrogen-bond acceptors (Lipinski definition) is 4. The molecule has 2 rings (SSSR count). The summed E-state index contributed by atoms with van der Waals surface area (Å²) in [5, 5.41) is 8.90. The van der Waals surface area contributed by atoms with E-state index in [1.807, 2.05) is 0 Å². The van der Waals surface area contributed by atoms with Crippen LogP contribution in [0.25, 0.3) is 11.1 Å². The minimum absolute atomic E-state index is 0.0168. The standard InChI is InChI=1S/C9H4BrNO4/c10-4-1-5-6(12)2-7(9(13)14)15-8(5)11-3-4/h1-3H,(H,13,14). The van der Waals surface area contributed by atoms with Crippen LogP contribution in [0.4, 0.5) is 0 Å². The van der Waals surface area contributed by atoms with Crippen LogP contribution in [0.3, 0.4) is 0 Å². The van der Waals surface area contributed by atoms with Crippen LogP contribution in [0.1, 0.15) is 10.6 Å². The quantitative estimate of drug-likeness (QED) is 0.852. The van der Waals surface area contributed by atoms with Crippen molar-refractivity contribution < 1.29 is 14.3 Å². The van der Waals surface area contributed by atoms with Gasteiger partial charge >= 0.3 is 5.97 Å². The fraction of sp³-hybridized carbons (Fsp3) is 0. The number of aromatic nitrogens is 1. The lowest BCUT2D eigenvalue weighted by Crippen LogP contribution is -2.06. The summed E-state index contributed by atoms with van der Waals surface area (Å²) in [7, 11) is 0. The van der Waals surface area contributed by atoms with E-state index in [0.717, 1.165) is 6.07 Å². The first-order chi connectivity index (χ1) is 7.08. The van der Waals surface area contributed by atoms with E-state index in [0.29, 0.717) is 4.47 Å². The number of hydrogen-bond donors (Lipinski definition) is 1. The van der Waals surface area contributed by atoms with Crippen LogP contribution in [-0.4, -0.2) is 16.1 Å². The zero-order chi connectivity index (χ0) is 11.0. The lowest BCUT2D eigenvalue weighted by atomic mass is 10.3. The Labute approximate surface area is 91.5 Å². The summed E-state index contributed by atoms with van der Waals surface area (Å²) in [4.78, 5) is 25.9. The highest BCUT2D eigenvalue weighted by Gasteiger charge is 2.11. The summed E-state index contributed by atoms with van der Waals surface area (Å²) in [5.74, 6) is -1.71. The van der Waals surface area contributed by atoms with Gasteiger partial charge in [-0.3, -0.25) is 4.79 Å². The van der Waals surface area contributed by atoms with Gasteiger partial charge in [0.1, 0.15) is 0 Å². The minimum atomic E-state index is -1.29. The first kappa shape index (κ1) is 9.85. The van der Waals surface area contributed by atoms with Gasteiger partial charge in [-0.25, -0.2) is 9.78 Å². The molecule has 0 aromatic carbocycles. The topological polar surface area (TPSA) is 80.4 Å². The van der Waals surface area contributed by atoms with Gasteiger partial charge in [0.2, 0.25) is 11.5 Å². The Morgan fingerprint density at radius 1 is 1.47 bits per heavy atom. The van der Waals surface area contributed by atoms with Gasteiger partial charge in [-0.15, -0.1) is 0 Å². The summed E-state index contributed by atoms with van der Waals surface area (Å²) in [5.41, 5.74) is -0.412. The van der Waals surface area contributed by atoms with Crippen molar-refractivity contribution in [3.8, 4) is 0 Å². The van der Waals surface area contributed by atoms with Crippen molar-refractivity contribution in [2.45, 2.75) is 0 Å². The van der Waals surface area contributed by atoms with Crippen molar-refractivity contribution in [1.82, 2.24) is 4.98 Å². The molecule has 5 nitrogen and oxygen atoms in total. The average Bonchev–Trinajstić information content (AvgIpc) is 2.18. The van der Waals surface area contributed by atoms with E-state index in [1.165, 1.54) is 12.3 Å².